The first kappa shape index (κ1) is 12.2. The van der Waals surface area contributed by atoms with E-state index in [4.69, 9.17) is 0 Å². The number of sulfonamides is 1. The molecule has 0 aromatic heterocycles. The molecule has 0 saturated carbocycles. The van der Waals surface area contributed by atoms with Gasteiger partial charge in [-0.3, -0.25) is 4.79 Å². The molecule has 1 atom stereocenters. The largest absolute Gasteiger partial charge is 0.353 e. The van der Waals surface area contributed by atoms with Gasteiger partial charge in [0.2, 0.25) is 15.9 Å². The zero-order chi connectivity index (χ0) is 11.5. The zero-order valence-electron chi connectivity index (χ0n) is 8.77. The van der Waals surface area contributed by atoms with E-state index in [1.807, 2.05) is 0 Å². The van der Waals surface area contributed by atoms with E-state index in [9.17, 15) is 13.2 Å². The summed E-state index contributed by atoms with van der Waals surface area (Å²) in [5.74, 6) is -0.326. The quantitative estimate of drug-likeness (QED) is 0.677. The lowest BCUT2D eigenvalue weighted by molar-refractivity contribution is -0.126. The molecule has 0 bridgehead atoms. The monoisotopic (exact) mass is 232 g/mol. The van der Waals surface area contributed by atoms with Crippen LogP contribution in [-0.2, 0) is 14.8 Å². The molecule has 6 heteroatoms. The van der Waals surface area contributed by atoms with E-state index in [1.54, 1.807) is 6.92 Å². The number of nitrogens with one attached hydrogen (secondary N) is 1. The van der Waals surface area contributed by atoms with Crippen molar-refractivity contribution in [2.75, 3.05) is 18.8 Å². The third-order valence-electron chi connectivity index (χ3n) is 2.35. The van der Waals surface area contributed by atoms with Crippen LogP contribution in [0.4, 0.5) is 0 Å². The van der Waals surface area contributed by atoms with Crippen molar-refractivity contribution < 1.29 is 13.2 Å². The third kappa shape index (κ3) is 2.57. The lowest BCUT2D eigenvalue weighted by Crippen LogP contribution is -2.57. The van der Waals surface area contributed by atoms with Gasteiger partial charge in [-0.15, -0.1) is 6.58 Å². The normalized spacial score (nSPS) is 23.5. The molecule has 0 spiro atoms. The first-order valence-corrected chi connectivity index (χ1v) is 6.52. The van der Waals surface area contributed by atoms with Gasteiger partial charge in [-0.2, -0.15) is 4.31 Å². The highest BCUT2D eigenvalue weighted by Crippen LogP contribution is 2.14. The maximum atomic E-state index is 11.8. The van der Waals surface area contributed by atoms with Crippen LogP contribution in [0.2, 0.25) is 0 Å². The van der Waals surface area contributed by atoms with Gasteiger partial charge in [0, 0.05) is 13.1 Å². The average Bonchev–Trinajstić information content (AvgIpc) is 2.17. The Kier molecular flexibility index (Phi) is 3.87. The molecule has 1 rings (SSSR count). The van der Waals surface area contributed by atoms with E-state index < -0.39 is 16.1 Å². The summed E-state index contributed by atoms with van der Waals surface area (Å²) in [6, 6.07) is -0.566. The fraction of sp³-hybridized carbons (Fsp3) is 0.667. The maximum absolute atomic E-state index is 11.8. The number of rotatable bonds is 4. The lowest BCUT2D eigenvalue weighted by atomic mass is 10.2. The SMILES string of the molecule is C=CCS(=O)(=O)N1CCNC(=O)C1CC. The summed E-state index contributed by atoms with van der Waals surface area (Å²) in [4.78, 5) is 11.4. The molecular formula is C9H16N2O3S. The summed E-state index contributed by atoms with van der Waals surface area (Å²) >= 11 is 0. The molecule has 1 unspecified atom stereocenters. The zero-order valence-corrected chi connectivity index (χ0v) is 9.59. The van der Waals surface area contributed by atoms with Crippen LogP contribution >= 0.6 is 0 Å². The average molecular weight is 232 g/mol. The number of carbonyl (C=O) groups is 1. The van der Waals surface area contributed by atoms with Crippen LogP contribution in [0.25, 0.3) is 0 Å². The van der Waals surface area contributed by atoms with E-state index in [0.717, 1.165) is 0 Å². The number of hydrogen-bond donors (Lipinski definition) is 1. The van der Waals surface area contributed by atoms with E-state index in [2.05, 4.69) is 11.9 Å². The molecule has 1 amide bonds. The molecule has 1 aliphatic heterocycles. The molecule has 86 valence electrons. The van der Waals surface area contributed by atoms with Gasteiger partial charge in [0.05, 0.1) is 5.75 Å². The minimum Gasteiger partial charge on any atom is -0.353 e. The van der Waals surface area contributed by atoms with Gasteiger partial charge in [-0.25, -0.2) is 8.42 Å². The van der Waals surface area contributed by atoms with Crippen molar-refractivity contribution in [1.29, 1.82) is 0 Å². The molecule has 15 heavy (non-hydrogen) atoms. The highest BCUT2D eigenvalue weighted by Gasteiger charge is 2.35. The van der Waals surface area contributed by atoms with Gasteiger partial charge in [0.15, 0.2) is 0 Å². The molecule has 1 N–H and O–H groups in total. The molecule has 1 fully saturated rings. The van der Waals surface area contributed by atoms with E-state index in [0.29, 0.717) is 19.5 Å². The minimum atomic E-state index is -3.37. The summed E-state index contributed by atoms with van der Waals surface area (Å²) in [5.41, 5.74) is 0. The first-order valence-electron chi connectivity index (χ1n) is 4.91. The van der Waals surface area contributed by atoms with Crippen molar-refractivity contribution in [2.45, 2.75) is 19.4 Å². The summed E-state index contributed by atoms with van der Waals surface area (Å²) in [7, 11) is -3.37. The Morgan fingerprint density at radius 2 is 2.33 bits per heavy atom. The first-order chi connectivity index (χ1) is 7.03. The van der Waals surface area contributed by atoms with Crippen molar-refractivity contribution in [3.63, 3.8) is 0 Å². The maximum Gasteiger partial charge on any atom is 0.238 e. The fourth-order valence-corrected chi connectivity index (χ4v) is 3.15. The minimum absolute atomic E-state index is 0.114. The Bertz CT molecular complexity index is 350. The van der Waals surface area contributed by atoms with Gasteiger partial charge >= 0.3 is 0 Å². The van der Waals surface area contributed by atoms with Crippen LogP contribution in [0, 0.1) is 0 Å². The summed E-state index contributed by atoms with van der Waals surface area (Å²) in [5, 5.41) is 2.66. The number of hydrogen-bond acceptors (Lipinski definition) is 3. The van der Waals surface area contributed by atoms with E-state index in [1.165, 1.54) is 10.4 Å². The summed E-state index contributed by atoms with van der Waals surface area (Å²) in [6.45, 7) is 5.93. The Balaban J connectivity index is 2.91. The second-order valence-corrected chi connectivity index (χ2v) is 5.36. The second kappa shape index (κ2) is 4.76. The second-order valence-electron chi connectivity index (χ2n) is 3.39. The van der Waals surface area contributed by atoms with Crippen LogP contribution in [-0.4, -0.2) is 43.5 Å². The van der Waals surface area contributed by atoms with E-state index in [-0.39, 0.29) is 11.7 Å². The molecule has 1 heterocycles. The predicted octanol–water partition coefficient (Wildman–Crippen LogP) is -0.287. The fourth-order valence-electron chi connectivity index (χ4n) is 1.66. The van der Waals surface area contributed by atoms with Crippen molar-refractivity contribution in [3.8, 4) is 0 Å². The Labute approximate surface area is 90.2 Å². The lowest BCUT2D eigenvalue weighted by Gasteiger charge is -2.33. The molecule has 1 saturated heterocycles. The van der Waals surface area contributed by atoms with E-state index >= 15 is 0 Å². The van der Waals surface area contributed by atoms with Gasteiger partial charge in [-0.05, 0) is 6.42 Å². The Hall–Kier alpha value is -0.880. The molecule has 0 radical (unpaired) electrons. The molecular weight excluding hydrogens is 216 g/mol. The smallest absolute Gasteiger partial charge is 0.238 e. The Morgan fingerprint density at radius 1 is 1.67 bits per heavy atom. The van der Waals surface area contributed by atoms with Crippen LogP contribution in [0.3, 0.4) is 0 Å². The molecule has 0 aromatic carbocycles. The molecule has 5 nitrogen and oxygen atoms in total. The predicted molar refractivity (Wildman–Crippen MR) is 57.8 cm³/mol. The van der Waals surface area contributed by atoms with Crippen LogP contribution in [0.15, 0.2) is 12.7 Å². The van der Waals surface area contributed by atoms with Crippen LogP contribution < -0.4 is 5.32 Å². The van der Waals surface area contributed by atoms with Gasteiger partial charge < -0.3 is 5.32 Å². The van der Waals surface area contributed by atoms with Crippen molar-refractivity contribution in [3.05, 3.63) is 12.7 Å². The number of piperazine rings is 1. The van der Waals surface area contributed by atoms with Crippen molar-refractivity contribution in [2.24, 2.45) is 0 Å². The number of carbonyl (C=O) groups excluding carboxylic acids is 1. The molecule has 1 aliphatic rings. The van der Waals surface area contributed by atoms with Crippen molar-refractivity contribution >= 4 is 15.9 Å². The Morgan fingerprint density at radius 3 is 2.87 bits per heavy atom. The van der Waals surface area contributed by atoms with Crippen LogP contribution in [0.5, 0.6) is 0 Å². The third-order valence-corrected chi connectivity index (χ3v) is 4.16. The highest BCUT2D eigenvalue weighted by atomic mass is 32.2. The van der Waals surface area contributed by atoms with Gasteiger partial charge in [-0.1, -0.05) is 13.0 Å². The van der Waals surface area contributed by atoms with Crippen molar-refractivity contribution in [1.82, 2.24) is 9.62 Å². The van der Waals surface area contributed by atoms with Gasteiger partial charge in [0.1, 0.15) is 6.04 Å². The van der Waals surface area contributed by atoms with Gasteiger partial charge in [0.25, 0.3) is 0 Å². The highest BCUT2D eigenvalue weighted by molar-refractivity contribution is 7.89. The molecule has 0 aromatic rings. The van der Waals surface area contributed by atoms with Crippen LogP contribution in [0.1, 0.15) is 13.3 Å². The molecule has 0 aliphatic carbocycles. The number of nitrogens with zero attached hydrogens (tertiary/aromatic N) is 1. The summed E-state index contributed by atoms with van der Waals surface area (Å²) in [6.07, 6.45) is 1.83. The standard InChI is InChI=1S/C9H16N2O3S/c1-3-7-15(13,14)11-6-5-10-9(12)8(11)4-2/h3,8H,1,4-7H2,2H3,(H,10,12). The summed E-state index contributed by atoms with van der Waals surface area (Å²) < 4.78 is 24.8. The number of amides is 1. The topological polar surface area (TPSA) is 66.5 Å².